The third kappa shape index (κ3) is 2.97. The van der Waals surface area contributed by atoms with Gasteiger partial charge < -0.3 is 5.32 Å². The molecule has 0 bridgehead atoms. The first-order valence-corrected chi connectivity index (χ1v) is 5.96. The van der Waals surface area contributed by atoms with Crippen molar-refractivity contribution in [2.45, 2.75) is 13.8 Å². The van der Waals surface area contributed by atoms with Crippen LogP contribution in [0.25, 0.3) is 0 Å². The molecule has 0 aliphatic rings. The first-order chi connectivity index (χ1) is 9.47. The molecular formula is C14H13N3O3. The van der Waals surface area contributed by atoms with Crippen LogP contribution < -0.4 is 5.32 Å². The van der Waals surface area contributed by atoms with E-state index in [0.717, 1.165) is 5.56 Å². The first kappa shape index (κ1) is 13.7. The lowest BCUT2D eigenvalue weighted by Crippen LogP contribution is -2.13. The Kier molecular flexibility index (Phi) is 3.74. The third-order valence-corrected chi connectivity index (χ3v) is 2.82. The number of hydrogen-bond acceptors (Lipinski definition) is 4. The molecule has 0 spiro atoms. The summed E-state index contributed by atoms with van der Waals surface area (Å²) in [5.41, 5.74) is 1.65. The highest BCUT2D eigenvalue weighted by molar-refractivity contribution is 6.04. The molecule has 102 valence electrons. The van der Waals surface area contributed by atoms with Crippen molar-refractivity contribution >= 4 is 17.4 Å². The van der Waals surface area contributed by atoms with Crippen LogP contribution in [0.5, 0.6) is 0 Å². The average Bonchev–Trinajstić information content (AvgIpc) is 2.41. The van der Waals surface area contributed by atoms with E-state index in [1.54, 1.807) is 31.3 Å². The molecule has 1 amide bonds. The highest BCUT2D eigenvalue weighted by atomic mass is 16.6. The fourth-order valence-electron chi connectivity index (χ4n) is 1.68. The number of benzene rings is 1. The second-order valence-corrected chi connectivity index (χ2v) is 4.43. The number of pyridine rings is 1. The minimum Gasteiger partial charge on any atom is -0.307 e. The maximum Gasteiger partial charge on any atom is 0.273 e. The standard InChI is InChI=1S/C14H13N3O3/c1-9-3-6-13(15-8-9)16-14(18)11-5-4-10(2)12(7-11)17(19)20/h3-8H,1-2H3,(H,15,16,18). The van der Waals surface area contributed by atoms with Crippen LogP contribution in [0.3, 0.4) is 0 Å². The van der Waals surface area contributed by atoms with Gasteiger partial charge in [-0.3, -0.25) is 14.9 Å². The molecular weight excluding hydrogens is 258 g/mol. The number of nitro benzene ring substituents is 1. The van der Waals surface area contributed by atoms with Crippen molar-refractivity contribution in [3.63, 3.8) is 0 Å². The molecule has 0 fully saturated rings. The third-order valence-electron chi connectivity index (χ3n) is 2.82. The fraction of sp³-hybridized carbons (Fsp3) is 0.143. The van der Waals surface area contributed by atoms with E-state index in [2.05, 4.69) is 10.3 Å². The van der Waals surface area contributed by atoms with Gasteiger partial charge in [0.05, 0.1) is 4.92 Å². The summed E-state index contributed by atoms with van der Waals surface area (Å²) in [5.74, 6) is -0.0201. The van der Waals surface area contributed by atoms with Crippen molar-refractivity contribution in [1.29, 1.82) is 0 Å². The number of anilines is 1. The van der Waals surface area contributed by atoms with E-state index in [-0.39, 0.29) is 11.3 Å². The number of hydrogen-bond donors (Lipinski definition) is 1. The number of carbonyl (C=O) groups excluding carboxylic acids is 1. The zero-order valence-electron chi connectivity index (χ0n) is 11.1. The average molecular weight is 271 g/mol. The highest BCUT2D eigenvalue weighted by Crippen LogP contribution is 2.19. The summed E-state index contributed by atoms with van der Waals surface area (Å²) < 4.78 is 0. The minimum absolute atomic E-state index is 0.0745. The molecule has 1 heterocycles. The second-order valence-electron chi connectivity index (χ2n) is 4.43. The van der Waals surface area contributed by atoms with Gasteiger partial charge >= 0.3 is 0 Å². The van der Waals surface area contributed by atoms with E-state index in [9.17, 15) is 14.9 Å². The smallest absolute Gasteiger partial charge is 0.273 e. The van der Waals surface area contributed by atoms with Crippen LogP contribution in [-0.2, 0) is 0 Å². The number of nitro groups is 1. The Morgan fingerprint density at radius 2 is 2.00 bits per heavy atom. The molecule has 0 saturated carbocycles. The molecule has 0 radical (unpaired) electrons. The van der Waals surface area contributed by atoms with Crippen LogP contribution in [0.15, 0.2) is 36.5 Å². The minimum atomic E-state index is -0.504. The molecule has 2 rings (SSSR count). The van der Waals surface area contributed by atoms with Gasteiger partial charge in [0.15, 0.2) is 0 Å². The predicted octanol–water partition coefficient (Wildman–Crippen LogP) is 2.86. The first-order valence-electron chi connectivity index (χ1n) is 5.96. The summed E-state index contributed by atoms with van der Waals surface area (Å²) in [6, 6.07) is 7.86. The van der Waals surface area contributed by atoms with E-state index >= 15 is 0 Å². The molecule has 0 aliphatic carbocycles. The summed E-state index contributed by atoms with van der Waals surface area (Å²) in [4.78, 5) is 26.4. The van der Waals surface area contributed by atoms with Crippen LogP contribution in [-0.4, -0.2) is 15.8 Å². The molecule has 2 aromatic rings. The van der Waals surface area contributed by atoms with Gasteiger partial charge in [-0.25, -0.2) is 4.98 Å². The molecule has 0 unspecified atom stereocenters. The predicted molar refractivity (Wildman–Crippen MR) is 74.8 cm³/mol. The normalized spacial score (nSPS) is 10.1. The molecule has 1 aromatic heterocycles. The van der Waals surface area contributed by atoms with Crippen molar-refractivity contribution in [3.05, 3.63) is 63.3 Å². The molecule has 6 heteroatoms. The number of aryl methyl sites for hydroxylation is 2. The van der Waals surface area contributed by atoms with Gasteiger partial charge in [-0.05, 0) is 31.5 Å². The summed E-state index contributed by atoms with van der Waals surface area (Å²) in [7, 11) is 0. The Hall–Kier alpha value is -2.76. The van der Waals surface area contributed by atoms with Crippen LogP contribution in [0.1, 0.15) is 21.5 Å². The number of nitrogens with zero attached hydrogens (tertiary/aromatic N) is 2. The van der Waals surface area contributed by atoms with Gasteiger partial charge in [-0.2, -0.15) is 0 Å². The van der Waals surface area contributed by atoms with Crippen LogP contribution in [0, 0.1) is 24.0 Å². The molecule has 20 heavy (non-hydrogen) atoms. The van der Waals surface area contributed by atoms with Crippen molar-refractivity contribution < 1.29 is 9.72 Å². The monoisotopic (exact) mass is 271 g/mol. The number of rotatable bonds is 3. The Bertz CT molecular complexity index is 666. The summed E-state index contributed by atoms with van der Waals surface area (Å²) in [6.45, 7) is 3.52. The van der Waals surface area contributed by atoms with Gasteiger partial charge in [-0.1, -0.05) is 12.1 Å². The lowest BCUT2D eigenvalue weighted by Gasteiger charge is -2.05. The van der Waals surface area contributed by atoms with E-state index in [0.29, 0.717) is 11.4 Å². The zero-order valence-corrected chi connectivity index (χ0v) is 11.1. The number of nitrogens with one attached hydrogen (secondary N) is 1. The Morgan fingerprint density at radius 1 is 1.25 bits per heavy atom. The highest BCUT2D eigenvalue weighted by Gasteiger charge is 2.15. The largest absolute Gasteiger partial charge is 0.307 e. The van der Waals surface area contributed by atoms with Crippen LogP contribution >= 0.6 is 0 Å². The number of amides is 1. The molecule has 0 saturated heterocycles. The molecule has 1 N–H and O–H groups in total. The Morgan fingerprint density at radius 3 is 2.60 bits per heavy atom. The lowest BCUT2D eigenvalue weighted by atomic mass is 10.1. The molecule has 6 nitrogen and oxygen atoms in total. The van der Waals surface area contributed by atoms with E-state index in [4.69, 9.17) is 0 Å². The van der Waals surface area contributed by atoms with Gasteiger partial charge in [0.2, 0.25) is 0 Å². The van der Waals surface area contributed by atoms with Gasteiger partial charge in [0.1, 0.15) is 5.82 Å². The SMILES string of the molecule is Cc1ccc(NC(=O)c2ccc(C)c([N+](=O)[O-])c2)nc1. The maximum atomic E-state index is 12.0. The zero-order chi connectivity index (χ0) is 14.7. The van der Waals surface area contributed by atoms with Crippen LogP contribution in [0.4, 0.5) is 11.5 Å². The number of carbonyl (C=O) groups is 1. The Balaban J connectivity index is 2.23. The van der Waals surface area contributed by atoms with Crippen molar-refractivity contribution in [1.82, 2.24) is 4.98 Å². The Labute approximate surface area is 115 Å². The summed E-state index contributed by atoms with van der Waals surface area (Å²) in [5, 5.41) is 13.5. The van der Waals surface area contributed by atoms with Crippen molar-refractivity contribution in [2.75, 3.05) is 5.32 Å². The van der Waals surface area contributed by atoms with E-state index in [1.165, 1.54) is 6.07 Å². The van der Waals surface area contributed by atoms with Gasteiger partial charge in [0, 0.05) is 23.4 Å². The molecule has 0 atom stereocenters. The molecule has 0 aliphatic heterocycles. The molecule has 1 aromatic carbocycles. The van der Waals surface area contributed by atoms with Gasteiger partial charge in [0.25, 0.3) is 11.6 Å². The summed E-state index contributed by atoms with van der Waals surface area (Å²) in [6.07, 6.45) is 1.63. The quantitative estimate of drug-likeness (QED) is 0.687. The maximum absolute atomic E-state index is 12.0. The lowest BCUT2D eigenvalue weighted by molar-refractivity contribution is -0.385. The van der Waals surface area contributed by atoms with Crippen LogP contribution in [0.2, 0.25) is 0 Å². The fourth-order valence-corrected chi connectivity index (χ4v) is 1.68. The van der Waals surface area contributed by atoms with Crippen molar-refractivity contribution in [3.8, 4) is 0 Å². The van der Waals surface area contributed by atoms with E-state index < -0.39 is 10.8 Å². The van der Waals surface area contributed by atoms with Gasteiger partial charge in [-0.15, -0.1) is 0 Å². The topological polar surface area (TPSA) is 85.1 Å². The number of aromatic nitrogens is 1. The second kappa shape index (κ2) is 5.48. The summed E-state index contributed by atoms with van der Waals surface area (Å²) >= 11 is 0. The van der Waals surface area contributed by atoms with E-state index in [1.807, 2.05) is 13.0 Å². The van der Waals surface area contributed by atoms with Crippen molar-refractivity contribution in [2.24, 2.45) is 0 Å².